The second-order valence-electron chi connectivity index (χ2n) is 2.31. The maximum Gasteiger partial charge on any atom is 0.537 e. The molecule has 1 aliphatic rings. The predicted molar refractivity (Wildman–Crippen MR) is 35.1 cm³/mol. The molecular formula is C5H10BrN3O4. The minimum Gasteiger partial charge on any atom is -0.378 e. The lowest BCUT2D eigenvalue weighted by molar-refractivity contribution is -1.63. The number of rotatable bonds is 2. The Morgan fingerprint density at radius 3 is 2.62 bits per heavy atom. The van der Waals surface area contributed by atoms with Crippen LogP contribution in [-0.4, -0.2) is 37.2 Å². The van der Waals surface area contributed by atoms with Crippen LogP contribution in [0, 0.1) is 14.8 Å². The van der Waals surface area contributed by atoms with Gasteiger partial charge in [-0.2, -0.15) is 0 Å². The molecule has 76 valence electrons. The number of hydrogen-bond donors (Lipinski definition) is 1. The highest BCUT2D eigenvalue weighted by Gasteiger charge is 2.16. The molecule has 0 aromatic heterocycles. The third-order valence-corrected chi connectivity index (χ3v) is 1.90. The van der Waals surface area contributed by atoms with Gasteiger partial charge in [0.05, 0.1) is 18.4 Å². The lowest BCUT2D eigenvalue weighted by Crippen LogP contribution is -2.45. The van der Waals surface area contributed by atoms with Gasteiger partial charge >= 0.3 is 14.8 Å². The summed E-state index contributed by atoms with van der Waals surface area (Å²) in [6.07, 6.45) is 0. The molecule has 8 heteroatoms. The van der Waals surface area contributed by atoms with E-state index in [1.54, 1.807) is 4.90 Å². The Morgan fingerprint density at radius 1 is 1.46 bits per heavy atom. The molecule has 0 radical (unpaired) electrons. The highest BCUT2D eigenvalue weighted by atomic mass is 80.0. The van der Waals surface area contributed by atoms with Gasteiger partial charge in [-0.1, -0.05) is 0 Å². The van der Waals surface area contributed by atoms with Crippen LogP contribution < -0.4 is 14.1 Å². The van der Waals surface area contributed by atoms with Gasteiger partial charge in [0, 0.05) is 13.1 Å². The van der Waals surface area contributed by atoms with Crippen molar-refractivity contribution in [2.75, 3.05) is 26.3 Å². The van der Waals surface area contributed by atoms with Crippen molar-refractivity contribution in [1.29, 1.82) is 0 Å². The average Bonchev–Trinajstić information content (AvgIpc) is 2.15. The van der Waals surface area contributed by atoms with Crippen LogP contribution in [0.25, 0.3) is 0 Å². The first-order valence-electron chi connectivity index (χ1n) is 3.59. The van der Waals surface area contributed by atoms with Crippen molar-refractivity contribution < 1.29 is 31.9 Å². The number of halogens is 1. The van der Waals surface area contributed by atoms with Gasteiger partial charge in [-0.15, -0.1) is 0 Å². The van der Waals surface area contributed by atoms with Crippen LogP contribution >= 0.6 is 0 Å². The number of guanidine groups is 1. The van der Waals surface area contributed by atoms with Crippen LogP contribution in [0.3, 0.4) is 0 Å². The van der Waals surface area contributed by atoms with Gasteiger partial charge in [0.15, 0.2) is 0 Å². The van der Waals surface area contributed by atoms with E-state index in [4.69, 9.17) is 10.5 Å². The third kappa shape index (κ3) is 3.77. The molecule has 7 nitrogen and oxygen atoms in total. The fourth-order valence-electron chi connectivity index (χ4n) is 0.914. The molecule has 0 unspecified atom stereocenters. The summed E-state index contributed by atoms with van der Waals surface area (Å²) < 4.78 is 29.2. The van der Waals surface area contributed by atoms with Crippen LogP contribution in [0.1, 0.15) is 0 Å². The van der Waals surface area contributed by atoms with Gasteiger partial charge in [0.25, 0.3) is 0 Å². The van der Waals surface area contributed by atoms with Gasteiger partial charge < -0.3 is 23.8 Å². The summed E-state index contributed by atoms with van der Waals surface area (Å²) in [5.41, 5.74) is 5.43. The Morgan fingerprint density at radius 2 is 2.08 bits per heavy atom. The summed E-state index contributed by atoms with van der Waals surface area (Å²) in [6.45, 7) is 2.31. The number of hydrogen-bond acceptors (Lipinski definition) is 5. The molecule has 0 aromatic rings. The second-order valence-corrected chi connectivity index (χ2v) is 3.39. The Kier molecular flexibility index (Phi) is 4.22. The lowest BCUT2D eigenvalue weighted by Gasteiger charge is -2.26. The van der Waals surface area contributed by atoms with Gasteiger partial charge in [-0.05, 0) is 3.93 Å². The minimum absolute atomic E-state index is 0.0677. The summed E-state index contributed by atoms with van der Waals surface area (Å²) in [5, 5.41) is 3.23. The molecule has 0 atom stereocenters. The zero-order valence-corrected chi connectivity index (χ0v) is 8.40. The Balaban J connectivity index is 2.35. The summed E-state index contributed by atoms with van der Waals surface area (Å²) in [7, 11) is 0. The first-order valence-corrected chi connectivity index (χ1v) is 5.53. The normalized spacial score (nSPS) is 19.3. The van der Waals surface area contributed by atoms with Gasteiger partial charge in [-0.25, -0.2) is 0 Å². The number of nitrogens with two attached hydrogens (primary N) is 1. The van der Waals surface area contributed by atoms with E-state index in [-0.39, 0.29) is 5.96 Å². The summed E-state index contributed by atoms with van der Waals surface area (Å²) in [6, 6.07) is 0. The van der Waals surface area contributed by atoms with Crippen LogP contribution in [-0.2, 0) is 8.67 Å². The zero-order chi connectivity index (χ0) is 9.68. The lowest BCUT2D eigenvalue weighted by atomic mass is 10.4. The highest BCUT2D eigenvalue weighted by molar-refractivity contribution is 5.77. The molecule has 1 fully saturated rings. The van der Waals surface area contributed by atoms with Gasteiger partial charge in [0.2, 0.25) is 5.96 Å². The first-order chi connectivity index (χ1) is 6.20. The quantitative estimate of drug-likeness (QED) is 0.314. The maximum atomic E-state index is 10.0. The van der Waals surface area contributed by atoms with Crippen molar-refractivity contribution in [3.63, 3.8) is 0 Å². The summed E-state index contributed by atoms with van der Waals surface area (Å²) >= 11 is -3.31. The molecule has 0 aliphatic carbocycles. The van der Waals surface area contributed by atoms with E-state index in [9.17, 15) is 8.40 Å². The first kappa shape index (κ1) is 10.5. The molecule has 1 aliphatic heterocycles. The number of morpholine rings is 1. The molecular weight excluding hydrogens is 246 g/mol. The largest absolute Gasteiger partial charge is 0.537 e. The second kappa shape index (κ2) is 5.22. The molecule has 2 N–H and O–H groups in total. The van der Waals surface area contributed by atoms with Crippen molar-refractivity contribution in [1.82, 2.24) is 4.90 Å². The van der Waals surface area contributed by atoms with E-state index < -0.39 is 14.8 Å². The van der Waals surface area contributed by atoms with E-state index in [0.717, 1.165) is 0 Å². The van der Waals surface area contributed by atoms with Gasteiger partial charge in [-0.3, -0.25) is 0 Å². The Hall–Kier alpha value is -0.570. The molecule has 13 heavy (non-hydrogen) atoms. The number of oxime groups is 1. The van der Waals surface area contributed by atoms with Crippen molar-refractivity contribution in [3.05, 3.63) is 0 Å². The topological polar surface area (TPSA) is 106 Å². The molecule has 1 rings (SSSR count). The van der Waals surface area contributed by atoms with Crippen LogP contribution in [0.15, 0.2) is 5.16 Å². The van der Waals surface area contributed by atoms with E-state index in [1.807, 2.05) is 0 Å². The van der Waals surface area contributed by atoms with Crippen LogP contribution in [0.2, 0.25) is 0 Å². The molecule has 0 spiro atoms. The summed E-state index contributed by atoms with van der Waals surface area (Å²) in [4.78, 5) is 1.69. The predicted octanol–water partition coefficient (Wildman–Crippen LogP) is -3.35. The van der Waals surface area contributed by atoms with Crippen LogP contribution in [0.4, 0.5) is 0 Å². The third-order valence-electron chi connectivity index (χ3n) is 1.52. The van der Waals surface area contributed by atoms with E-state index in [0.29, 0.717) is 26.3 Å². The summed E-state index contributed by atoms with van der Waals surface area (Å²) in [5.74, 6) is 0.0677. The molecule has 1 heterocycles. The van der Waals surface area contributed by atoms with Crippen molar-refractivity contribution in [2.24, 2.45) is 10.9 Å². The van der Waals surface area contributed by atoms with Crippen molar-refractivity contribution >= 4 is 5.96 Å². The molecule has 0 amide bonds. The van der Waals surface area contributed by atoms with Crippen molar-refractivity contribution in [3.8, 4) is 0 Å². The molecule has 0 bridgehead atoms. The fourth-order valence-corrected chi connectivity index (χ4v) is 1.18. The number of ether oxygens (including phenoxy) is 1. The maximum absolute atomic E-state index is 10.0. The molecule has 0 aromatic carbocycles. The monoisotopic (exact) mass is 255 g/mol. The smallest absolute Gasteiger partial charge is 0.378 e. The molecule has 0 saturated carbocycles. The Labute approximate surface area is 80.5 Å². The van der Waals surface area contributed by atoms with E-state index in [2.05, 4.69) is 9.08 Å². The SMILES string of the molecule is N/C(=N\O[Br+2]([O-])[O-])N1CCOCC1. The number of nitrogens with zero attached hydrogens (tertiary/aromatic N) is 2. The Bertz CT molecular complexity index is 183. The van der Waals surface area contributed by atoms with Crippen LogP contribution in [0.5, 0.6) is 0 Å². The fraction of sp³-hybridized carbons (Fsp3) is 0.800. The highest BCUT2D eigenvalue weighted by Crippen LogP contribution is 1.96. The average molecular weight is 256 g/mol. The van der Waals surface area contributed by atoms with Gasteiger partial charge in [0.1, 0.15) is 0 Å². The minimum atomic E-state index is -3.31. The standard InChI is InChI=1S/C5H10BrN3O4/c7-5(8-13-6(10)11)9-1-3-12-4-2-9/h1-4H2,(H2,7,8). The zero-order valence-electron chi connectivity index (χ0n) is 6.81. The van der Waals surface area contributed by atoms with E-state index in [1.165, 1.54) is 0 Å². The molecule has 1 saturated heterocycles. The van der Waals surface area contributed by atoms with Crippen molar-refractivity contribution in [2.45, 2.75) is 0 Å². The van der Waals surface area contributed by atoms with E-state index >= 15 is 0 Å².